The van der Waals surface area contributed by atoms with E-state index in [4.69, 9.17) is 17.3 Å². The van der Waals surface area contributed by atoms with Crippen LogP contribution in [0.5, 0.6) is 5.75 Å². The minimum atomic E-state index is 0.180. The summed E-state index contributed by atoms with van der Waals surface area (Å²) in [5.74, 6) is 0.180. The van der Waals surface area contributed by atoms with Gasteiger partial charge in [0.25, 0.3) is 0 Å². The summed E-state index contributed by atoms with van der Waals surface area (Å²) in [5.41, 5.74) is 8.74. The van der Waals surface area contributed by atoms with Gasteiger partial charge in [0.15, 0.2) is 0 Å². The fourth-order valence-electron chi connectivity index (χ4n) is 2.23. The minimum absolute atomic E-state index is 0.180. The Kier molecular flexibility index (Phi) is 3.17. The molecule has 1 aliphatic carbocycles. The average Bonchev–Trinajstić information content (AvgIpc) is 2.48. The number of aromatic hydroxyl groups is 1. The van der Waals surface area contributed by atoms with E-state index in [1.165, 1.54) is 18.4 Å². The number of fused-ring (bicyclic) bond motifs is 1. The number of hydrogen-bond acceptors (Lipinski definition) is 2. The molecule has 0 saturated carbocycles. The largest absolute Gasteiger partial charge is 0.506 e. The molecule has 2 rings (SSSR count). The lowest BCUT2D eigenvalue weighted by molar-refractivity contribution is 0.467. The number of halogens is 1. The number of aryl methyl sites for hydroxylation is 1. The van der Waals surface area contributed by atoms with E-state index in [1.54, 1.807) is 0 Å². The van der Waals surface area contributed by atoms with Gasteiger partial charge in [0, 0.05) is 12.1 Å². The molecule has 0 unspecified atom stereocenters. The van der Waals surface area contributed by atoms with Crippen molar-refractivity contribution in [1.29, 1.82) is 0 Å². The van der Waals surface area contributed by atoms with Crippen LogP contribution in [-0.4, -0.2) is 5.11 Å². The van der Waals surface area contributed by atoms with Crippen molar-refractivity contribution in [3.8, 4) is 5.75 Å². The smallest absolute Gasteiger partial charge is 0.138 e. The summed E-state index contributed by atoms with van der Waals surface area (Å²) in [6, 6.07) is 2.02. The summed E-state index contributed by atoms with van der Waals surface area (Å²) in [5, 5.41) is 10.4. The molecule has 0 atom stereocenters. The average molecular weight is 226 g/mol. The lowest BCUT2D eigenvalue weighted by Crippen LogP contribution is -2.01. The number of hydrogen-bond donors (Lipinski definition) is 2. The second-order valence-corrected chi connectivity index (χ2v) is 4.48. The zero-order valence-electron chi connectivity index (χ0n) is 8.72. The monoisotopic (exact) mass is 225 g/mol. The first-order valence-corrected chi connectivity index (χ1v) is 5.84. The molecule has 3 heteroatoms. The highest BCUT2D eigenvalue weighted by atomic mass is 35.5. The molecule has 0 aliphatic heterocycles. The molecule has 3 N–H and O–H groups in total. The lowest BCUT2D eigenvalue weighted by atomic mass is 9.99. The normalized spacial score (nSPS) is 15.9. The molecule has 0 spiro atoms. The van der Waals surface area contributed by atoms with Gasteiger partial charge in [0.1, 0.15) is 5.75 Å². The molecule has 0 fully saturated rings. The Bertz CT molecular complexity index is 376. The fraction of sp³-hybridized carbons (Fsp3) is 0.500. The van der Waals surface area contributed by atoms with Crippen LogP contribution >= 0.6 is 11.6 Å². The Morgan fingerprint density at radius 3 is 2.73 bits per heavy atom. The highest BCUT2D eigenvalue weighted by molar-refractivity contribution is 6.33. The van der Waals surface area contributed by atoms with E-state index < -0.39 is 0 Å². The topological polar surface area (TPSA) is 46.2 Å². The van der Waals surface area contributed by atoms with Crippen LogP contribution in [0.15, 0.2) is 6.07 Å². The molecule has 2 nitrogen and oxygen atoms in total. The van der Waals surface area contributed by atoms with Crippen molar-refractivity contribution in [3.05, 3.63) is 27.8 Å². The Hall–Kier alpha value is -0.730. The number of nitrogens with two attached hydrogens (primary N) is 1. The molecule has 0 bridgehead atoms. The SMILES string of the molecule is NCc1cc2c(c(Cl)c1O)CCCCC2. The van der Waals surface area contributed by atoms with Crippen molar-refractivity contribution in [2.75, 3.05) is 0 Å². The van der Waals surface area contributed by atoms with Gasteiger partial charge in [-0.2, -0.15) is 0 Å². The van der Waals surface area contributed by atoms with E-state index in [-0.39, 0.29) is 5.75 Å². The summed E-state index contributed by atoms with van der Waals surface area (Å²) in [6.45, 7) is 0.346. The van der Waals surface area contributed by atoms with Gasteiger partial charge in [-0.3, -0.25) is 0 Å². The van der Waals surface area contributed by atoms with Crippen LogP contribution in [0.2, 0.25) is 5.02 Å². The summed E-state index contributed by atoms with van der Waals surface area (Å²) in [7, 11) is 0. The number of phenolic OH excluding ortho intramolecular Hbond substituents is 1. The molecule has 1 aromatic carbocycles. The highest BCUT2D eigenvalue weighted by Crippen LogP contribution is 2.36. The molecule has 1 aliphatic rings. The Morgan fingerprint density at radius 1 is 1.27 bits per heavy atom. The summed E-state index contributed by atoms with van der Waals surface area (Å²) in [4.78, 5) is 0. The summed E-state index contributed by atoms with van der Waals surface area (Å²) in [6.07, 6.45) is 5.64. The first-order chi connectivity index (χ1) is 7.24. The van der Waals surface area contributed by atoms with Crippen molar-refractivity contribution in [2.45, 2.75) is 38.6 Å². The predicted octanol–water partition coefficient (Wildman–Crippen LogP) is 2.77. The van der Waals surface area contributed by atoms with E-state index in [2.05, 4.69) is 0 Å². The van der Waals surface area contributed by atoms with Gasteiger partial charge in [-0.1, -0.05) is 24.1 Å². The van der Waals surface area contributed by atoms with Crippen molar-refractivity contribution < 1.29 is 5.11 Å². The Morgan fingerprint density at radius 2 is 2.00 bits per heavy atom. The minimum Gasteiger partial charge on any atom is -0.506 e. The van der Waals surface area contributed by atoms with Gasteiger partial charge in [-0.05, 0) is 36.8 Å². The Labute approximate surface area is 95.1 Å². The van der Waals surface area contributed by atoms with Crippen LogP contribution in [0.25, 0.3) is 0 Å². The first kappa shape index (κ1) is 10.8. The van der Waals surface area contributed by atoms with Crippen LogP contribution < -0.4 is 5.73 Å². The maximum Gasteiger partial charge on any atom is 0.138 e. The van der Waals surface area contributed by atoms with Crippen LogP contribution in [0.4, 0.5) is 0 Å². The molecule has 0 heterocycles. The van der Waals surface area contributed by atoms with Gasteiger partial charge in [0.2, 0.25) is 0 Å². The van der Waals surface area contributed by atoms with Gasteiger partial charge >= 0.3 is 0 Å². The second kappa shape index (κ2) is 4.42. The van der Waals surface area contributed by atoms with Gasteiger partial charge in [-0.15, -0.1) is 0 Å². The molecule has 1 aromatic rings. The number of phenols is 1. The van der Waals surface area contributed by atoms with Gasteiger partial charge < -0.3 is 10.8 Å². The van der Waals surface area contributed by atoms with Crippen LogP contribution in [0, 0.1) is 0 Å². The maximum absolute atomic E-state index is 9.83. The fourth-order valence-corrected chi connectivity index (χ4v) is 2.57. The van der Waals surface area contributed by atoms with E-state index in [0.717, 1.165) is 30.4 Å². The zero-order chi connectivity index (χ0) is 10.8. The third-order valence-electron chi connectivity index (χ3n) is 3.11. The van der Waals surface area contributed by atoms with E-state index in [9.17, 15) is 5.11 Å². The van der Waals surface area contributed by atoms with Crippen molar-refractivity contribution in [2.24, 2.45) is 5.73 Å². The zero-order valence-corrected chi connectivity index (χ0v) is 9.48. The summed E-state index contributed by atoms with van der Waals surface area (Å²) < 4.78 is 0. The third-order valence-corrected chi connectivity index (χ3v) is 3.51. The van der Waals surface area contributed by atoms with Crippen molar-refractivity contribution >= 4 is 11.6 Å². The van der Waals surface area contributed by atoms with Crippen LogP contribution in [0.3, 0.4) is 0 Å². The predicted molar refractivity (Wildman–Crippen MR) is 62.3 cm³/mol. The van der Waals surface area contributed by atoms with E-state index in [1.807, 2.05) is 6.07 Å². The third kappa shape index (κ3) is 1.97. The molecule has 0 saturated heterocycles. The van der Waals surface area contributed by atoms with Crippen molar-refractivity contribution in [3.63, 3.8) is 0 Å². The maximum atomic E-state index is 9.83. The molecular formula is C12H16ClNO. The van der Waals surface area contributed by atoms with E-state index in [0.29, 0.717) is 11.6 Å². The molecule has 0 amide bonds. The highest BCUT2D eigenvalue weighted by Gasteiger charge is 2.16. The number of rotatable bonds is 1. The molecule has 0 radical (unpaired) electrons. The molecule has 82 valence electrons. The quantitative estimate of drug-likeness (QED) is 0.722. The second-order valence-electron chi connectivity index (χ2n) is 4.10. The Balaban J connectivity index is 2.53. The lowest BCUT2D eigenvalue weighted by Gasteiger charge is -2.13. The molecule has 0 aromatic heterocycles. The van der Waals surface area contributed by atoms with Crippen molar-refractivity contribution in [1.82, 2.24) is 0 Å². The van der Waals surface area contributed by atoms with Crippen LogP contribution in [0.1, 0.15) is 36.0 Å². The first-order valence-electron chi connectivity index (χ1n) is 5.46. The number of benzene rings is 1. The van der Waals surface area contributed by atoms with Gasteiger partial charge in [0.05, 0.1) is 5.02 Å². The summed E-state index contributed by atoms with van der Waals surface area (Å²) >= 11 is 6.16. The molecular weight excluding hydrogens is 210 g/mol. The van der Waals surface area contributed by atoms with E-state index >= 15 is 0 Å². The standard InChI is InChI=1S/C12H16ClNO/c13-11-10-5-3-1-2-4-8(10)6-9(7-14)12(11)15/h6,15H,1-5,7,14H2. The van der Waals surface area contributed by atoms with Crippen LogP contribution in [-0.2, 0) is 19.4 Å². The van der Waals surface area contributed by atoms with Gasteiger partial charge in [-0.25, -0.2) is 0 Å². The molecule has 15 heavy (non-hydrogen) atoms.